The zero-order chi connectivity index (χ0) is 15.6. The summed E-state index contributed by atoms with van der Waals surface area (Å²) in [7, 11) is 1.54. The Hall–Kier alpha value is -1.74. The molecule has 1 aliphatic heterocycles. The summed E-state index contributed by atoms with van der Waals surface area (Å²) in [5, 5.41) is 18.4. The zero-order valence-electron chi connectivity index (χ0n) is 12.2. The lowest BCUT2D eigenvalue weighted by atomic mass is 9.91. The van der Waals surface area contributed by atoms with Gasteiger partial charge in [-0.2, -0.15) is 4.98 Å². The van der Waals surface area contributed by atoms with Crippen molar-refractivity contribution in [1.29, 1.82) is 0 Å². The van der Waals surface area contributed by atoms with Crippen LogP contribution < -0.4 is 9.64 Å². The first kappa shape index (κ1) is 15.2. The van der Waals surface area contributed by atoms with Gasteiger partial charge in [-0.05, 0) is 28.8 Å². The van der Waals surface area contributed by atoms with Crippen molar-refractivity contribution in [1.82, 2.24) is 25.0 Å². The van der Waals surface area contributed by atoms with E-state index in [1.807, 2.05) is 0 Å². The van der Waals surface area contributed by atoms with Gasteiger partial charge in [-0.15, -0.1) is 5.10 Å². The van der Waals surface area contributed by atoms with Crippen molar-refractivity contribution in [2.24, 2.45) is 0 Å². The average molecular weight is 369 g/mol. The topological polar surface area (TPSA) is 89.2 Å². The Morgan fingerprint density at radius 2 is 2.18 bits per heavy atom. The van der Waals surface area contributed by atoms with Crippen molar-refractivity contribution >= 4 is 21.7 Å². The number of anilines is 1. The second-order valence-corrected chi connectivity index (χ2v) is 6.19. The predicted molar refractivity (Wildman–Crippen MR) is 82.7 cm³/mol. The minimum Gasteiger partial charge on any atom is -0.467 e. The quantitative estimate of drug-likeness (QED) is 0.856. The molecule has 1 N–H and O–H groups in total. The van der Waals surface area contributed by atoms with E-state index in [0.29, 0.717) is 38.5 Å². The predicted octanol–water partition coefficient (Wildman–Crippen LogP) is 0.871. The first-order valence-corrected chi connectivity index (χ1v) is 7.77. The maximum absolute atomic E-state index is 10.7. The largest absolute Gasteiger partial charge is 0.467 e. The van der Waals surface area contributed by atoms with Crippen LogP contribution in [0.3, 0.4) is 0 Å². The van der Waals surface area contributed by atoms with Gasteiger partial charge in [0.15, 0.2) is 0 Å². The van der Waals surface area contributed by atoms with Gasteiger partial charge in [-0.25, -0.2) is 9.67 Å². The highest BCUT2D eigenvalue weighted by molar-refractivity contribution is 9.10. The molecule has 2 aromatic rings. The lowest BCUT2D eigenvalue weighted by Crippen LogP contribution is -2.47. The minimum absolute atomic E-state index is 0.335. The fourth-order valence-electron chi connectivity index (χ4n) is 2.57. The first-order valence-electron chi connectivity index (χ1n) is 6.98. The Labute approximate surface area is 136 Å². The van der Waals surface area contributed by atoms with Gasteiger partial charge in [0.25, 0.3) is 0 Å². The highest BCUT2D eigenvalue weighted by Crippen LogP contribution is 2.31. The molecular weight excluding hydrogens is 352 g/mol. The summed E-state index contributed by atoms with van der Waals surface area (Å²) < 4.78 is 7.55. The van der Waals surface area contributed by atoms with Gasteiger partial charge >= 0.3 is 6.01 Å². The van der Waals surface area contributed by atoms with E-state index in [-0.39, 0.29) is 0 Å². The zero-order valence-corrected chi connectivity index (χ0v) is 13.8. The molecule has 9 heteroatoms. The molecule has 0 spiro atoms. The van der Waals surface area contributed by atoms with Crippen LogP contribution >= 0.6 is 15.9 Å². The van der Waals surface area contributed by atoms with E-state index >= 15 is 0 Å². The molecule has 0 bridgehead atoms. The maximum atomic E-state index is 10.7. The van der Waals surface area contributed by atoms with Gasteiger partial charge in [0.2, 0.25) is 0 Å². The number of ether oxygens (including phenoxy) is 1. The molecule has 2 aromatic heterocycles. The molecule has 0 atom stereocenters. The molecule has 0 radical (unpaired) electrons. The van der Waals surface area contributed by atoms with Crippen LogP contribution in [-0.2, 0) is 6.54 Å². The van der Waals surface area contributed by atoms with E-state index in [4.69, 9.17) is 4.74 Å². The number of aliphatic hydroxyl groups is 1. The Morgan fingerprint density at radius 3 is 2.82 bits per heavy atom. The summed E-state index contributed by atoms with van der Waals surface area (Å²) in [5.41, 5.74) is -0.770. The summed E-state index contributed by atoms with van der Waals surface area (Å²) in [6.45, 7) is 1.85. The van der Waals surface area contributed by atoms with Gasteiger partial charge < -0.3 is 14.7 Å². The Morgan fingerprint density at radius 1 is 1.41 bits per heavy atom. The number of aromatic nitrogens is 5. The summed E-state index contributed by atoms with van der Waals surface area (Å²) >= 11 is 3.47. The molecule has 0 saturated carbocycles. The monoisotopic (exact) mass is 368 g/mol. The van der Waals surface area contributed by atoms with Crippen LogP contribution in [0.2, 0.25) is 0 Å². The third-order valence-electron chi connectivity index (χ3n) is 3.81. The molecule has 0 aliphatic carbocycles. The standard InChI is InChI=1S/C13H17BrN6O2/c1-22-12-15-8-10(14)11(17-12)19-5-2-13(21,3-6-19)9-20-7-4-16-18-20/h4,7-8,21H,2-3,5-6,9H2,1H3. The molecule has 1 saturated heterocycles. The number of rotatable bonds is 4. The van der Waals surface area contributed by atoms with Crippen LogP contribution in [0.5, 0.6) is 6.01 Å². The van der Waals surface area contributed by atoms with Crippen molar-refractivity contribution in [2.45, 2.75) is 25.0 Å². The minimum atomic E-state index is -0.770. The molecule has 1 fully saturated rings. The molecule has 0 unspecified atom stereocenters. The van der Waals surface area contributed by atoms with Gasteiger partial charge in [0.05, 0.1) is 36.1 Å². The Kier molecular flexibility index (Phi) is 4.25. The summed E-state index contributed by atoms with van der Waals surface area (Å²) in [6, 6.07) is 0.335. The second-order valence-electron chi connectivity index (χ2n) is 5.34. The molecular formula is C13H17BrN6O2. The van der Waals surface area contributed by atoms with Crippen LogP contribution in [0.15, 0.2) is 23.1 Å². The molecule has 3 heterocycles. The third kappa shape index (κ3) is 3.20. The van der Waals surface area contributed by atoms with Crippen LogP contribution in [0, 0.1) is 0 Å². The molecule has 0 amide bonds. The molecule has 118 valence electrons. The summed E-state index contributed by atoms with van der Waals surface area (Å²) in [4.78, 5) is 10.5. The normalized spacial score (nSPS) is 17.5. The fraction of sp³-hybridized carbons (Fsp3) is 0.538. The van der Waals surface area contributed by atoms with E-state index in [9.17, 15) is 5.11 Å². The number of halogens is 1. The smallest absolute Gasteiger partial charge is 0.318 e. The van der Waals surface area contributed by atoms with Crippen molar-refractivity contribution in [2.75, 3.05) is 25.1 Å². The second kappa shape index (κ2) is 6.17. The van der Waals surface area contributed by atoms with Crippen molar-refractivity contribution in [3.8, 4) is 6.01 Å². The molecule has 0 aromatic carbocycles. The van der Waals surface area contributed by atoms with E-state index in [2.05, 4.69) is 41.1 Å². The SMILES string of the molecule is COc1ncc(Br)c(N2CCC(O)(Cn3ccnn3)CC2)n1. The lowest BCUT2D eigenvalue weighted by Gasteiger charge is -2.38. The van der Waals surface area contributed by atoms with Crippen molar-refractivity contribution < 1.29 is 9.84 Å². The number of hydrogen-bond donors (Lipinski definition) is 1. The highest BCUT2D eigenvalue weighted by atomic mass is 79.9. The molecule has 1 aliphatic rings. The van der Waals surface area contributed by atoms with Crippen molar-refractivity contribution in [3.05, 3.63) is 23.1 Å². The third-order valence-corrected chi connectivity index (χ3v) is 4.37. The Balaban J connectivity index is 1.68. The van der Waals surface area contributed by atoms with Gasteiger partial charge in [-0.3, -0.25) is 0 Å². The highest BCUT2D eigenvalue weighted by Gasteiger charge is 2.34. The van der Waals surface area contributed by atoms with Gasteiger partial charge in [0, 0.05) is 19.3 Å². The van der Waals surface area contributed by atoms with Crippen LogP contribution in [-0.4, -0.2) is 55.9 Å². The van der Waals surface area contributed by atoms with Gasteiger partial charge in [0.1, 0.15) is 5.82 Å². The number of methoxy groups -OCH3 is 1. The number of piperidine rings is 1. The first-order chi connectivity index (χ1) is 10.6. The van der Waals surface area contributed by atoms with Crippen LogP contribution in [0.1, 0.15) is 12.8 Å². The fourth-order valence-corrected chi connectivity index (χ4v) is 3.02. The molecule has 22 heavy (non-hydrogen) atoms. The summed E-state index contributed by atoms with van der Waals surface area (Å²) in [6.07, 6.45) is 6.31. The van der Waals surface area contributed by atoms with E-state index in [1.165, 1.54) is 0 Å². The van der Waals surface area contributed by atoms with Crippen LogP contribution in [0.4, 0.5) is 5.82 Å². The number of hydrogen-bond acceptors (Lipinski definition) is 7. The van der Waals surface area contributed by atoms with E-state index in [0.717, 1.165) is 10.3 Å². The summed E-state index contributed by atoms with van der Waals surface area (Å²) in [5.74, 6) is 0.787. The number of nitrogens with zero attached hydrogens (tertiary/aromatic N) is 6. The lowest BCUT2D eigenvalue weighted by molar-refractivity contribution is -0.00358. The maximum Gasteiger partial charge on any atom is 0.318 e. The molecule has 3 rings (SSSR count). The Bertz CT molecular complexity index is 627. The van der Waals surface area contributed by atoms with Crippen molar-refractivity contribution in [3.63, 3.8) is 0 Å². The molecule has 8 nitrogen and oxygen atoms in total. The average Bonchev–Trinajstić information content (AvgIpc) is 3.01. The van der Waals surface area contributed by atoms with E-state index < -0.39 is 5.60 Å². The van der Waals surface area contributed by atoms with Crippen LogP contribution in [0.25, 0.3) is 0 Å². The van der Waals surface area contributed by atoms with Gasteiger partial charge in [-0.1, -0.05) is 5.21 Å². The van der Waals surface area contributed by atoms with E-state index in [1.54, 1.807) is 30.4 Å².